The first-order chi connectivity index (χ1) is 14.4. The van der Waals surface area contributed by atoms with Crippen LogP contribution in [0.4, 0.5) is 0 Å². The quantitative estimate of drug-likeness (QED) is 0.492. The molecule has 1 heterocycles. The van der Waals surface area contributed by atoms with Crippen LogP contribution in [0.2, 0.25) is 0 Å². The van der Waals surface area contributed by atoms with Gasteiger partial charge in [-0.2, -0.15) is 0 Å². The molecule has 31 heavy (non-hydrogen) atoms. The summed E-state index contributed by atoms with van der Waals surface area (Å²) in [4.78, 5) is 25.2. The first kappa shape index (κ1) is 21.5. The monoisotopic (exact) mass is 428 g/mol. The summed E-state index contributed by atoms with van der Waals surface area (Å²) in [5, 5.41) is 0. The number of carbonyl (C=O) groups excluding carboxylic acids is 2. The van der Waals surface area contributed by atoms with Gasteiger partial charge in [0.15, 0.2) is 0 Å². The van der Waals surface area contributed by atoms with Gasteiger partial charge in [0, 0.05) is 17.9 Å². The van der Waals surface area contributed by atoms with Crippen LogP contribution in [0.3, 0.4) is 0 Å². The van der Waals surface area contributed by atoms with Crippen LogP contribution in [0.5, 0.6) is 0 Å². The fourth-order valence-electron chi connectivity index (χ4n) is 9.90. The highest BCUT2D eigenvalue weighted by Gasteiger charge is 2.69. The molecule has 3 fully saturated rings. The predicted molar refractivity (Wildman–Crippen MR) is 119 cm³/mol. The Morgan fingerprint density at radius 1 is 0.968 bits per heavy atom. The Hall–Kier alpha value is -1.32. The SMILES string of the molecule is CC(=O)O[C@H]1CC2[C@@]3(C)CCCC(C)(C)C3CC[C@@]2(C)C2CCC3=C(C(=O)OC3)[C@]21C. The van der Waals surface area contributed by atoms with Crippen molar-refractivity contribution < 1.29 is 19.1 Å². The normalized spacial score (nSPS) is 48.1. The van der Waals surface area contributed by atoms with Crippen molar-refractivity contribution in [2.24, 2.45) is 39.4 Å². The van der Waals surface area contributed by atoms with E-state index in [4.69, 9.17) is 9.47 Å². The van der Waals surface area contributed by atoms with Crippen molar-refractivity contribution in [1.29, 1.82) is 0 Å². The van der Waals surface area contributed by atoms with Crippen LogP contribution >= 0.6 is 0 Å². The minimum absolute atomic E-state index is 0.158. The van der Waals surface area contributed by atoms with E-state index in [-0.39, 0.29) is 28.9 Å². The molecule has 0 aromatic heterocycles. The molecule has 1 aliphatic heterocycles. The Morgan fingerprint density at radius 3 is 2.39 bits per heavy atom. The molecule has 0 bridgehead atoms. The molecule has 0 aromatic rings. The lowest BCUT2D eigenvalue weighted by atomic mass is 9.35. The molecule has 0 saturated heterocycles. The maximum atomic E-state index is 12.9. The number of hydrogen-bond acceptors (Lipinski definition) is 4. The number of rotatable bonds is 1. The molecule has 0 amide bonds. The maximum Gasteiger partial charge on any atom is 0.335 e. The second kappa shape index (κ2) is 6.60. The van der Waals surface area contributed by atoms with E-state index >= 15 is 0 Å². The summed E-state index contributed by atoms with van der Waals surface area (Å²) in [6.45, 7) is 14.2. The van der Waals surface area contributed by atoms with Gasteiger partial charge >= 0.3 is 11.9 Å². The lowest BCUT2D eigenvalue weighted by Crippen LogP contribution is -2.66. The molecule has 5 aliphatic rings. The molecule has 0 N–H and O–H groups in total. The number of ether oxygens (including phenoxy) is 2. The van der Waals surface area contributed by atoms with E-state index in [9.17, 15) is 9.59 Å². The van der Waals surface area contributed by atoms with Crippen LogP contribution in [0.1, 0.15) is 92.9 Å². The van der Waals surface area contributed by atoms with Crippen molar-refractivity contribution in [2.45, 2.75) is 99.0 Å². The van der Waals surface area contributed by atoms with E-state index in [1.165, 1.54) is 39.0 Å². The topological polar surface area (TPSA) is 52.6 Å². The third-order valence-corrected chi connectivity index (χ3v) is 11.0. The minimum atomic E-state index is -0.439. The van der Waals surface area contributed by atoms with Gasteiger partial charge in [0.1, 0.15) is 12.7 Å². The summed E-state index contributed by atoms with van der Waals surface area (Å²) >= 11 is 0. The molecule has 7 atom stereocenters. The van der Waals surface area contributed by atoms with Crippen LogP contribution in [0.15, 0.2) is 11.1 Å². The van der Waals surface area contributed by atoms with Crippen LogP contribution in [0, 0.1) is 39.4 Å². The fourth-order valence-corrected chi connectivity index (χ4v) is 9.90. The highest BCUT2D eigenvalue weighted by atomic mass is 16.5. The number of cyclic esters (lactones) is 1. The molecular formula is C27H40O4. The molecule has 0 spiro atoms. The summed E-state index contributed by atoms with van der Waals surface area (Å²) in [6, 6.07) is 0. The number of fused-ring (bicyclic) bond motifs is 6. The molecular weight excluding hydrogens is 388 g/mol. The van der Waals surface area contributed by atoms with Gasteiger partial charge < -0.3 is 9.47 Å². The number of carbonyl (C=O) groups is 2. The zero-order valence-electron chi connectivity index (χ0n) is 20.3. The maximum absolute atomic E-state index is 12.9. The summed E-state index contributed by atoms with van der Waals surface area (Å²) in [5.74, 6) is 1.17. The molecule has 5 rings (SSSR count). The van der Waals surface area contributed by atoms with Gasteiger partial charge in [-0.1, -0.05) is 41.0 Å². The van der Waals surface area contributed by atoms with Crippen molar-refractivity contribution in [1.82, 2.24) is 0 Å². The lowest BCUT2D eigenvalue weighted by molar-refractivity contribution is -0.225. The van der Waals surface area contributed by atoms with Crippen molar-refractivity contribution in [3.8, 4) is 0 Å². The Balaban J connectivity index is 1.64. The number of hydrogen-bond donors (Lipinski definition) is 0. The zero-order chi connectivity index (χ0) is 22.4. The van der Waals surface area contributed by atoms with Gasteiger partial charge in [-0.25, -0.2) is 4.79 Å². The highest BCUT2D eigenvalue weighted by molar-refractivity contribution is 5.94. The summed E-state index contributed by atoms with van der Waals surface area (Å²) in [6.07, 6.45) is 9.00. The molecule has 4 heteroatoms. The molecule has 172 valence electrons. The van der Waals surface area contributed by atoms with Crippen molar-refractivity contribution in [3.05, 3.63) is 11.1 Å². The molecule has 0 aromatic carbocycles. The lowest BCUT2D eigenvalue weighted by Gasteiger charge is -2.70. The van der Waals surface area contributed by atoms with Gasteiger partial charge in [0.2, 0.25) is 0 Å². The van der Waals surface area contributed by atoms with E-state index in [1.807, 2.05) is 0 Å². The van der Waals surface area contributed by atoms with Gasteiger partial charge in [-0.3, -0.25) is 4.79 Å². The van der Waals surface area contributed by atoms with Gasteiger partial charge in [-0.05, 0) is 84.5 Å². The molecule has 3 saturated carbocycles. The van der Waals surface area contributed by atoms with Gasteiger partial charge in [0.05, 0.1) is 0 Å². The number of esters is 2. The molecule has 3 unspecified atom stereocenters. The molecule has 4 aliphatic carbocycles. The van der Waals surface area contributed by atoms with E-state index in [0.717, 1.165) is 30.4 Å². The third-order valence-electron chi connectivity index (χ3n) is 11.0. The summed E-state index contributed by atoms with van der Waals surface area (Å²) in [5.41, 5.74) is 2.35. The largest absolute Gasteiger partial charge is 0.462 e. The van der Waals surface area contributed by atoms with Gasteiger partial charge in [-0.15, -0.1) is 0 Å². The van der Waals surface area contributed by atoms with E-state index in [2.05, 4.69) is 34.6 Å². The van der Waals surface area contributed by atoms with Crippen LogP contribution in [-0.2, 0) is 19.1 Å². The predicted octanol–water partition coefficient (Wildman–Crippen LogP) is 5.84. The standard InChI is InChI=1S/C27H40O4/c1-16(28)31-21-14-20-25(4)12-7-11-24(2,3)18(25)10-13-26(20,5)19-9-8-17-15-30-23(29)22(17)27(19,21)6/h18-21H,7-15H2,1-6H3/t18?,19?,20?,21-,25-,26-,27+/m0/s1. The van der Waals surface area contributed by atoms with Crippen molar-refractivity contribution >= 4 is 11.9 Å². The Kier molecular flexibility index (Phi) is 4.59. The fraction of sp³-hybridized carbons (Fsp3) is 0.852. The van der Waals surface area contributed by atoms with Crippen LogP contribution < -0.4 is 0 Å². The Bertz CT molecular complexity index is 855. The second-order valence-corrected chi connectivity index (χ2v) is 12.8. The van der Waals surface area contributed by atoms with Crippen LogP contribution in [-0.4, -0.2) is 24.6 Å². The Morgan fingerprint density at radius 2 is 1.68 bits per heavy atom. The average molecular weight is 429 g/mol. The molecule has 4 nitrogen and oxygen atoms in total. The minimum Gasteiger partial charge on any atom is -0.462 e. The average Bonchev–Trinajstić information content (AvgIpc) is 3.04. The first-order valence-corrected chi connectivity index (χ1v) is 12.5. The van der Waals surface area contributed by atoms with Crippen molar-refractivity contribution in [2.75, 3.05) is 6.61 Å². The molecule has 0 radical (unpaired) electrons. The van der Waals surface area contributed by atoms with Gasteiger partial charge in [0.25, 0.3) is 0 Å². The first-order valence-electron chi connectivity index (χ1n) is 12.5. The van der Waals surface area contributed by atoms with Crippen molar-refractivity contribution in [3.63, 3.8) is 0 Å². The second-order valence-electron chi connectivity index (χ2n) is 12.8. The zero-order valence-corrected chi connectivity index (χ0v) is 20.3. The van der Waals surface area contributed by atoms with Crippen LogP contribution in [0.25, 0.3) is 0 Å². The van der Waals surface area contributed by atoms with E-state index in [1.54, 1.807) is 0 Å². The smallest absolute Gasteiger partial charge is 0.335 e. The summed E-state index contributed by atoms with van der Waals surface area (Å²) < 4.78 is 11.6. The summed E-state index contributed by atoms with van der Waals surface area (Å²) in [7, 11) is 0. The highest BCUT2D eigenvalue weighted by Crippen LogP contribution is 2.73. The Labute approximate surface area is 187 Å². The van der Waals surface area contributed by atoms with E-state index in [0.29, 0.717) is 29.8 Å². The third kappa shape index (κ3) is 2.72. The van der Waals surface area contributed by atoms with E-state index < -0.39 is 5.41 Å².